The summed E-state index contributed by atoms with van der Waals surface area (Å²) in [6.45, 7) is 10.7. The minimum atomic E-state index is -0.367. The summed E-state index contributed by atoms with van der Waals surface area (Å²) in [6, 6.07) is 18.7. The summed E-state index contributed by atoms with van der Waals surface area (Å²) < 4.78 is 11.0. The molecule has 0 saturated carbocycles. The van der Waals surface area contributed by atoms with Crippen LogP contribution < -0.4 is 15.2 Å². The van der Waals surface area contributed by atoms with Gasteiger partial charge in [0.1, 0.15) is 0 Å². The lowest BCUT2D eigenvalue weighted by Gasteiger charge is -2.29. The van der Waals surface area contributed by atoms with Crippen molar-refractivity contribution in [3.8, 4) is 17.0 Å². The van der Waals surface area contributed by atoms with E-state index < -0.39 is 0 Å². The topological polar surface area (TPSA) is 78.0 Å². The van der Waals surface area contributed by atoms with Gasteiger partial charge in [0.25, 0.3) is 0 Å². The van der Waals surface area contributed by atoms with Gasteiger partial charge in [-0.1, -0.05) is 36.4 Å². The molecule has 2 aromatic heterocycles. The Bertz CT molecular complexity index is 1280. The van der Waals surface area contributed by atoms with Gasteiger partial charge in [-0.15, -0.1) is 0 Å². The maximum atomic E-state index is 6.42. The molecule has 0 atom stereocenters. The van der Waals surface area contributed by atoms with Crippen molar-refractivity contribution in [3.05, 3.63) is 66.4 Å². The second-order valence-electron chi connectivity index (χ2n) is 9.62. The van der Waals surface area contributed by atoms with Crippen LogP contribution in [0.15, 0.2) is 65.7 Å². The number of pyridine rings is 1. The highest BCUT2D eigenvalue weighted by Crippen LogP contribution is 2.36. The molecule has 6 nitrogen and oxygen atoms in total. The number of rotatable bonds is 6. The van der Waals surface area contributed by atoms with E-state index in [0.717, 1.165) is 27.1 Å². The molecular formula is C26H31N5OS. The third-order valence-electron chi connectivity index (χ3n) is 5.53. The Morgan fingerprint density at radius 1 is 0.970 bits per heavy atom. The summed E-state index contributed by atoms with van der Waals surface area (Å²) >= 11 is 1.52. The number of ether oxygens (including phenoxy) is 1. The quantitative estimate of drug-likeness (QED) is 0.350. The normalized spacial score (nSPS) is 12.3. The fourth-order valence-electron chi connectivity index (χ4n) is 3.86. The molecule has 0 amide bonds. The number of methoxy groups -OCH3 is 1. The molecule has 4 aromatic rings. The summed E-state index contributed by atoms with van der Waals surface area (Å²) in [6.07, 6.45) is 1.84. The van der Waals surface area contributed by atoms with Crippen LogP contribution in [0.1, 0.15) is 40.2 Å². The van der Waals surface area contributed by atoms with Crippen LogP contribution in [0.25, 0.3) is 22.2 Å². The average Bonchev–Trinajstić information content (AvgIpc) is 3.13. The number of fused-ring (bicyclic) bond motifs is 1. The van der Waals surface area contributed by atoms with E-state index in [1.165, 1.54) is 17.5 Å². The van der Waals surface area contributed by atoms with Crippen LogP contribution in [0.5, 0.6) is 5.88 Å². The SMILES string of the molecule is COc1ncc(-c2ccc3nc(N)n(C(C)(C)c4ccccc4)c3c2)cc1SNC(C)(C)C. The number of hydrogen-bond donors (Lipinski definition) is 2. The van der Waals surface area contributed by atoms with Gasteiger partial charge >= 0.3 is 0 Å². The maximum absolute atomic E-state index is 6.42. The first-order valence-corrected chi connectivity index (χ1v) is 11.7. The minimum Gasteiger partial charge on any atom is -0.480 e. The maximum Gasteiger partial charge on any atom is 0.228 e. The van der Waals surface area contributed by atoms with Crippen molar-refractivity contribution in [2.75, 3.05) is 12.8 Å². The van der Waals surface area contributed by atoms with Gasteiger partial charge in [0.2, 0.25) is 11.8 Å². The van der Waals surface area contributed by atoms with E-state index in [2.05, 4.69) is 84.2 Å². The van der Waals surface area contributed by atoms with Crippen molar-refractivity contribution in [3.63, 3.8) is 0 Å². The van der Waals surface area contributed by atoms with E-state index in [-0.39, 0.29) is 11.1 Å². The van der Waals surface area contributed by atoms with Crippen molar-refractivity contribution < 1.29 is 4.74 Å². The Balaban J connectivity index is 1.80. The van der Waals surface area contributed by atoms with E-state index >= 15 is 0 Å². The molecule has 0 fully saturated rings. The third-order valence-corrected chi connectivity index (χ3v) is 6.76. The molecule has 0 saturated heterocycles. The number of hydrogen-bond acceptors (Lipinski definition) is 6. The van der Waals surface area contributed by atoms with Crippen LogP contribution in [0, 0.1) is 0 Å². The molecule has 0 spiro atoms. The number of nitrogens with one attached hydrogen (secondary N) is 1. The monoisotopic (exact) mass is 461 g/mol. The lowest BCUT2D eigenvalue weighted by Crippen LogP contribution is -2.29. The lowest BCUT2D eigenvalue weighted by molar-refractivity contribution is 0.387. The Labute approximate surface area is 199 Å². The van der Waals surface area contributed by atoms with E-state index in [0.29, 0.717) is 11.8 Å². The van der Waals surface area contributed by atoms with Gasteiger partial charge < -0.3 is 15.0 Å². The predicted octanol–water partition coefficient (Wildman–Crippen LogP) is 5.87. The van der Waals surface area contributed by atoms with Crippen molar-refractivity contribution in [1.29, 1.82) is 0 Å². The molecule has 0 bridgehead atoms. The summed E-state index contributed by atoms with van der Waals surface area (Å²) in [7, 11) is 1.64. The second-order valence-corrected chi connectivity index (χ2v) is 10.5. The van der Waals surface area contributed by atoms with Crippen molar-refractivity contribution >= 4 is 28.9 Å². The average molecular weight is 462 g/mol. The number of nitrogens with two attached hydrogens (primary N) is 1. The first-order chi connectivity index (χ1) is 15.6. The summed E-state index contributed by atoms with van der Waals surface area (Å²) in [5, 5.41) is 0. The van der Waals surface area contributed by atoms with Gasteiger partial charge in [-0.3, -0.25) is 4.72 Å². The van der Waals surface area contributed by atoms with Crippen molar-refractivity contribution in [1.82, 2.24) is 19.3 Å². The Kier molecular flexibility index (Phi) is 6.12. The van der Waals surface area contributed by atoms with Crippen LogP contribution in [0.2, 0.25) is 0 Å². The van der Waals surface area contributed by atoms with Gasteiger partial charge in [-0.25, -0.2) is 9.97 Å². The number of imidazole rings is 1. The molecule has 172 valence electrons. The number of nitrogen functional groups attached to an aromatic ring is 1. The smallest absolute Gasteiger partial charge is 0.228 e. The van der Waals surface area contributed by atoms with Crippen LogP contribution in [0.3, 0.4) is 0 Å². The van der Waals surface area contributed by atoms with Gasteiger partial charge in [0, 0.05) is 17.3 Å². The van der Waals surface area contributed by atoms with E-state index in [1.807, 2.05) is 30.5 Å². The molecule has 0 unspecified atom stereocenters. The second kappa shape index (κ2) is 8.72. The first-order valence-electron chi connectivity index (χ1n) is 10.9. The minimum absolute atomic E-state index is 0.0440. The van der Waals surface area contributed by atoms with E-state index in [4.69, 9.17) is 10.5 Å². The lowest BCUT2D eigenvalue weighted by atomic mass is 9.93. The zero-order chi connectivity index (χ0) is 23.8. The Morgan fingerprint density at radius 3 is 2.36 bits per heavy atom. The van der Waals surface area contributed by atoms with E-state index in [9.17, 15) is 0 Å². The van der Waals surface area contributed by atoms with Gasteiger partial charge in [0.15, 0.2) is 0 Å². The van der Waals surface area contributed by atoms with Gasteiger partial charge in [-0.05, 0) is 75.9 Å². The standard InChI is InChI=1S/C26H31N5OS/c1-25(2,3)30-33-22-15-18(16-28-23(22)32-6)17-12-13-20-21(14-17)31(24(27)29-20)26(4,5)19-10-8-7-9-11-19/h7-16,30H,1-6H3,(H2,27,29). The Morgan fingerprint density at radius 2 is 1.70 bits per heavy atom. The number of benzene rings is 2. The number of aromatic nitrogens is 3. The fourth-order valence-corrected chi connectivity index (χ4v) is 4.69. The zero-order valence-electron chi connectivity index (χ0n) is 20.0. The largest absolute Gasteiger partial charge is 0.480 e. The summed E-state index contributed by atoms with van der Waals surface area (Å²) in [5.41, 5.74) is 11.1. The molecule has 7 heteroatoms. The predicted molar refractivity (Wildman–Crippen MR) is 138 cm³/mol. The molecule has 3 N–H and O–H groups in total. The first kappa shape index (κ1) is 23.1. The number of nitrogens with zero attached hydrogens (tertiary/aromatic N) is 3. The molecule has 0 aliphatic rings. The molecule has 2 heterocycles. The molecular weight excluding hydrogens is 430 g/mol. The highest BCUT2D eigenvalue weighted by atomic mass is 32.2. The highest BCUT2D eigenvalue weighted by Gasteiger charge is 2.27. The third kappa shape index (κ3) is 4.70. The molecule has 0 aliphatic heterocycles. The van der Waals surface area contributed by atoms with Crippen molar-refractivity contribution in [2.24, 2.45) is 0 Å². The molecule has 0 aliphatic carbocycles. The van der Waals surface area contributed by atoms with Crippen LogP contribution in [-0.2, 0) is 5.54 Å². The molecule has 4 rings (SSSR count). The van der Waals surface area contributed by atoms with Crippen LogP contribution >= 0.6 is 11.9 Å². The van der Waals surface area contributed by atoms with Crippen molar-refractivity contribution in [2.45, 2.75) is 50.6 Å². The summed E-state index contributed by atoms with van der Waals surface area (Å²) in [4.78, 5) is 10.1. The van der Waals surface area contributed by atoms with Crippen LogP contribution in [-0.4, -0.2) is 27.2 Å². The zero-order valence-corrected chi connectivity index (χ0v) is 20.8. The summed E-state index contributed by atoms with van der Waals surface area (Å²) in [5.74, 6) is 1.09. The van der Waals surface area contributed by atoms with Crippen LogP contribution in [0.4, 0.5) is 5.95 Å². The molecule has 33 heavy (non-hydrogen) atoms. The van der Waals surface area contributed by atoms with Gasteiger partial charge in [0.05, 0.1) is 28.6 Å². The molecule has 0 radical (unpaired) electrons. The van der Waals surface area contributed by atoms with Gasteiger partial charge in [-0.2, -0.15) is 0 Å². The van der Waals surface area contributed by atoms with E-state index in [1.54, 1.807) is 7.11 Å². The molecule has 2 aromatic carbocycles. The fraction of sp³-hybridized carbons (Fsp3) is 0.308. The highest BCUT2D eigenvalue weighted by molar-refractivity contribution is 7.97. The Hall–Kier alpha value is -3.03. The number of anilines is 1.